The first-order valence-corrected chi connectivity index (χ1v) is 9.57. The number of rotatable bonds is 9. The van der Waals surface area contributed by atoms with Gasteiger partial charge in [-0.2, -0.15) is 0 Å². The van der Waals surface area contributed by atoms with Crippen molar-refractivity contribution in [1.29, 1.82) is 0 Å². The second-order valence-electron chi connectivity index (χ2n) is 4.75. The predicted octanol–water partition coefficient (Wildman–Crippen LogP) is 0.804. The van der Waals surface area contributed by atoms with Crippen LogP contribution in [0.4, 0.5) is 0 Å². The highest BCUT2D eigenvalue weighted by Gasteiger charge is 2.16. The number of nitrogens with one attached hydrogen (secondary N) is 1. The molecule has 0 aromatic heterocycles. The third-order valence-corrected chi connectivity index (χ3v) is 5.10. The quantitative estimate of drug-likeness (QED) is 0.680. The minimum absolute atomic E-state index is 0.0121. The standard InChI is InChI=1S/C11H25NO3S2/c1-5-6-12-11(10(2)3)9-16(13)7-8-17(4,14)15/h10-12H,5-9H2,1-4H3. The second-order valence-corrected chi connectivity index (χ2v) is 8.63. The number of sulfone groups is 1. The minimum atomic E-state index is -3.01. The molecule has 2 atom stereocenters. The first kappa shape index (κ1) is 17.1. The summed E-state index contributed by atoms with van der Waals surface area (Å²) in [7, 11) is -4.07. The molecule has 0 saturated heterocycles. The van der Waals surface area contributed by atoms with Crippen LogP contribution >= 0.6 is 0 Å². The molecule has 0 aliphatic heterocycles. The van der Waals surface area contributed by atoms with Crippen molar-refractivity contribution in [3.63, 3.8) is 0 Å². The van der Waals surface area contributed by atoms with Crippen LogP contribution in [0.2, 0.25) is 0 Å². The third-order valence-electron chi connectivity index (χ3n) is 2.51. The van der Waals surface area contributed by atoms with Gasteiger partial charge in [-0.1, -0.05) is 20.8 Å². The zero-order valence-corrected chi connectivity index (χ0v) is 12.9. The summed E-state index contributed by atoms with van der Waals surface area (Å²) in [6.07, 6.45) is 2.22. The average molecular weight is 283 g/mol. The number of hydrogen-bond donors (Lipinski definition) is 1. The van der Waals surface area contributed by atoms with Crippen LogP contribution in [0.15, 0.2) is 0 Å². The van der Waals surface area contributed by atoms with Crippen molar-refractivity contribution in [3.05, 3.63) is 0 Å². The van der Waals surface area contributed by atoms with Crippen LogP contribution in [-0.4, -0.2) is 48.7 Å². The van der Waals surface area contributed by atoms with Crippen LogP contribution in [0.3, 0.4) is 0 Å². The second kappa shape index (κ2) is 8.21. The lowest BCUT2D eigenvalue weighted by atomic mass is 10.1. The Hall–Kier alpha value is 0.0600. The molecule has 0 bridgehead atoms. The van der Waals surface area contributed by atoms with Gasteiger partial charge in [-0.15, -0.1) is 0 Å². The summed E-state index contributed by atoms with van der Waals surface area (Å²) in [5.74, 6) is 1.20. The largest absolute Gasteiger partial charge is 0.313 e. The Morgan fingerprint density at radius 2 is 1.88 bits per heavy atom. The molecule has 6 heteroatoms. The van der Waals surface area contributed by atoms with Gasteiger partial charge in [-0.25, -0.2) is 8.42 Å². The van der Waals surface area contributed by atoms with E-state index in [2.05, 4.69) is 26.1 Å². The monoisotopic (exact) mass is 283 g/mol. The minimum Gasteiger partial charge on any atom is -0.313 e. The van der Waals surface area contributed by atoms with Gasteiger partial charge in [0, 0.05) is 34.6 Å². The summed E-state index contributed by atoms with van der Waals surface area (Å²) in [5.41, 5.74) is 0. The normalized spacial score (nSPS) is 16.1. The lowest BCUT2D eigenvalue weighted by Gasteiger charge is -2.21. The SMILES string of the molecule is CCCNC(CS(=O)CCS(C)(=O)=O)C(C)C. The molecule has 0 spiro atoms. The Labute approximate surface area is 108 Å². The van der Waals surface area contributed by atoms with E-state index < -0.39 is 20.6 Å². The Balaban J connectivity index is 4.12. The fourth-order valence-corrected chi connectivity index (χ4v) is 4.37. The predicted molar refractivity (Wildman–Crippen MR) is 74.5 cm³/mol. The molecule has 0 rings (SSSR count). The molecule has 0 heterocycles. The summed E-state index contributed by atoms with van der Waals surface area (Å²) < 4.78 is 33.7. The van der Waals surface area contributed by atoms with Crippen LogP contribution in [0, 0.1) is 5.92 Å². The molecule has 2 unspecified atom stereocenters. The van der Waals surface area contributed by atoms with Gasteiger partial charge in [-0.05, 0) is 18.9 Å². The van der Waals surface area contributed by atoms with E-state index in [1.807, 2.05) is 0 Å². The highest BCUT2D eigenvalue weighted by molar-refractivity contribution is 7.92. The molecule has 0 saturated carbocycles. The van der Waals surface area contributed by atoms with E-state index >= 15 is 0 Å². The zero-order chi connectivity index (χ0) is 13.5. The van der Waals surface area contributed by atoms with E-state index in [0.717, 1.165) is 13.0 Å². The Bertz CT molecular complexity index is 326. The topological polar surface area (TPSA) is 63.2 Å². The smallest absolute Gasteiger partial charge is 0.148 e. The van der Waals surface area contributed by atoms with E-state index in [1.165, 1.54) is 6.26 Å². The third kappa shape index (κ3) is 9.73. The van der Waals surface area contributed by atoms with Crippen molar-refractivity contribution < 1.29 is 12.6 Å². The van der Waals surface area contributed by atoms with Crippen molar-refractivity contribution in [2.24, 2.45) is 5.92 Å². The van der Waals surface area contributed by atoms with Gasteiger partial charge in [0.05, 0.1) is 5.75 Å². The van der Waals surface area contributed by atoms with Gasteiger partial charge < -0.3 is 5.32 Å². The fraction of sp³-hybridized carbons (Fsp3) is 1.00. The van der Waals surface area contributed by atoms with Gasteiger partial charge in [0.25, 0.3) is 0 Å². The molecule has 0 radical (unpaired) electrons. The average Bonchev–Trinajstić information content (AvgIpc) is 2.19. The van der Waals surface area contributed by atoms with Crippen LogP contribution < -0.4 is 5.32 Å². The van der Waals surface area contributed by atoms with Gasteiger partial charge in [-0.3, -0.25) is 4.21 Å². The van der Waals surface area contributed by atoms with Crippen molar-refractivity contribution in [2.75, 3.05) is 30.1 Å². The van der Waals surface area contributed by atoms with Crippen molar-refractivity contribution in [3.8, 4) is 0 Å². The summed E-state index contributed by atoms with van der Waals surface area (Å²) in [6.45, 7) is 7.17. The Morgan fingerprint density at radius 1 is 1.29 bits per heavy atom. The molecule has 104 valence electrons. The van der Waals surface area contributed by atoms with Crippen molar-refractivity contribution in [1.82, 2.24) is 5.32 Å². The molecule has 1 N–H and O–H groups in total. The summed E-state index contributed by atoms with van der Waals surface area (Å²) in [6, 6.07) is 0.204. The Morgan fingerprint density at radius 3 is 2.29 bits per heavy atom. The van der Waals surface area contributed by atoms with Crippen molar-refractivity contribution in [2.45, 2.75) is 33.2 Å². The molecule has 0 aliphatic rings. The van der Waals surface area contributed by atoms with E-state index in [0.29, 0.717) is 11.7 Å². The first-order valence-electron chi connectivity index (χ1n) is 6.02. The summed E-state index contributed by atoms with van der Waals surface area (Å²) in [4.78, 5) is 0. The maximum Gasteiger partial charge on any atom is 0.148 e. The molecule has 0 amide bonds. The van der Waals surface area contributed by atoms with Gasteiger partial charge >= 0.3 is 0 Å². The van der Waals surface area contributed by atoms with Gasteiger partial charge in [0.15, 0.2) is 0 Å². The summed E-state index contributed by atoms with van der Waals surface area (Å²) in [5, 5.41) is 3.35. The fourth-order valence-electron chi connectivity index (χ4n) is 1.34. The van der Waals surface area contributed by atoms with Crippen LogP contribution in [-0.2, 0) is 20.6 Å². The molecule has 0 fully saturated rings. The molecule has 0 aliphatic carbocycles. The van der Waals surface area contributed by atoms with Crippen LogP contribution in [0.1, 0.15) is 27.2 Å². The van der Waals surface area contributed by atoms with Gasteiger partial charge in [0.2, 0.25) is 0 Å². The highest BCUT2D eigenvalue weighted by atomic mass is 32.2. The highest BCUT2D eigenvalue weighted by Crippen LogP contribution is 2.04. The Kier molecular flexibility index (Phi) is 8.24. The molecule has 0 aromatic rings. The zero-order valence-electron chi connectivity index (χ0n) is 11.2. The van der Waals surface area contributed by atoms with Crippen molar-refractivity contribution >= 4 is 20.6 Å². The van der Waals surface area contributed by atoms with E-state index in [1.54, 1.807) is 0 Å². The van der Waals surface area contributed by atoms with E-state index in [-0.39, 0.29) is 17.5 Å². The van der Waals surface area contributed by atoms with Crippen LogP contribution in [0.5, 0.6) is 0 Å². The summed E-state index contributed by atoms with van der Waals surface area (Å²) >= 11 is 0. The molecular weight excluding hydrogens is 258 g/mol. The number of hydrogen-bond acceptors (Lipinski definition) is 4. The maximum absolute atomic E-state index is 11.8. The molecule has 0 aromatic carbocycles. The van der Waals surface area contributed by atoms with Gasteiger partial charge in [0.1, 0.15) is 9.84 Å². The first-order chi connectivity index (χ1) is 7.76. The lowest BCUT2D eigenvalue weighted by molar-refractivity contribution is 0.431. The van der Waals surface area contributed by atoms with Crippen LogP contribution in [0.25, 0.3) is 0 Å². The maximum atomic E-state index is 11.8. The lowest BCUT2D eigenvalue weighted by Crippen LogP contribution is -2.39. The van der Waals surface area contributed by atoms with E-state index in [9.17, 15) is 12.6 Å². The molecule has 17 heavy (non-hydrogen) atoms. The van der Waals surface area contributed by atoms with E-state index in [4.69, 9.17) is 0 Å². The molecule has 4 nitrogen and oxygen atoms in total. The molecular formula is C11H25NO3S2.